The van der Waals surface area contributed by atoms with Crippen molar-refractivity contribution < 1.29 is 35.8 Å². The van der Waals surface area contributed by atoms with Gasteiger partial charge in [-0.05, 0) is 20.8 Å². The van der Waals surface area contributed by atoms with Crippen LogP contribution < -0.4 is 21.2 Å². The second-order valence-electron chi connectivity index (χ2n) is 14.5. The van der Waals surface area contributed by atoms with Gasteiger partial charge in [0.05, 0.1) is 0 Å². The van der Waals surface area contributed by atoms with Crippen molar-refractivity contribution in [3.8, 4) is 0 Å². The number of ether oxygens (including phenoxy) is 1. The summed E-state index contributed by atoms with van der Waals surface area (Å²) in [7, 11) is -5.01. The predicted octanol–water partition coefficient (Wildman–Crippen LogP) is 5.11. The first kappa shape index (κ1) is 38.2. The summed E-state index contributed by atoms with van der Waals surface area (Å²) < 4.78 is 46.6. The molecule has 3 aromatic rings. The van der Waals surface area contributed by atoms with Crippen LogP contribution in [0.25, 0.3) is 0 Å². The molecule has 0 radical (unpaired) electrons. The number of nitrogens with one attached hydrogen (secondary N) is 1. The Morgan fingerprint density at radius 1 is 0.868 bits per heavy atom. The molecule has 0 spiro atoms. The molecule has 6 rings (SSSR count). The monoisotopic (exact) mass is 762 g/mol. The van der Waals surface area contributed by atoms with Crippen molar-refractivity contribution in [2.45, 2.75) is 71.2 Å². The van der Waals surface area contributed by atoms with Gasteiger partial charge in [-0.15, -0.1) is 0 Å². The topological polar surface area (TPSA) is 135 Å². The zero-order chi connectivity index (χ0) is 38.0. The molecule has 0 aromatic heterocycles. The molecule has 2 saturated heterocycles. The molecule has 4 amide bonds. The Kier molecular flexibility index (Phi) is 10.6. The van der Waals surface area contributed by atoms with Gasteiger partial charge >= 0.3 is 272 Å². The van der Waals surface area contributed by atoms with E-state index in [-0.39, 0.29) is 12.6 Å². The molecule has 0 saturated carbocycles. The van der Waals surface area contributed by atoms with Crippen LogP contribution in [-0.4, -0.2) is 84.7 Å². The molecule has 0 aliphatic carbocycles. The number of rotatable bonds is 10. The first-order valence-electron chi connectivity index (χ1n) is 17.7. The van der Waals surface area contributed by atoms with Crippen LogP contribution in [-0.2, 0) is 28.2 Å². The molecule has 0 unspecified atom stereocenters. The molecule has 3 aliphatic heterocycles. The number of benzene rings is 3. The molecule has 53 heavy (non-hydrogen) atoms. The molecule has 12 nitrogen and oxygen atoms in total. The molecule has 2 atom stereocenters. The van der Waals surface area contributed by atoms with Crippen LogP contribution in [0.1, 0.15) is 47.5 Å². The summed E-state index contributed by atoms with van der Waals surface area (Å²) in [5.74, 6) is 1.42. The fourth-order valence-corrected chi connectivity index (χ4v) is 15.0. The van der Waals surface area contributed by atoms with Gasteiger partial charge < -0.3 is 9.64 Å². The number of piperidine rings is 1. The Hall–Kier alpha value is -4.55. The van der Waals surface area contributed by atoms with Crippen LogP contribution in [0.3, 0.4) is 0 Å². The summed E-state index contributed by atoms with van der Waals surface area (Å²) in [6.45, 7) is 5.31. The summed E-state index contributed by atoms with van der Waals surface area (Å²) in [6, 6.07) is 24.7. The van der Waals surface area contributed by atoms with Gasteiger partial charge in [0.2, 0.25) is 0 Å². The fraction of sp³-hybridized carbons (Fsp3) is 0.359. The minimum atomic E-state index is -5.01. The van der Waals surface area contributed by atoms with E-state index < -0.39 is 52.9 Å². The molecule has 14 heteroatoms. The number of hydroxylamine groups is 2. The molecule has 3 heterocycles. The summed E-state index contributed by atoms with van der Waals surface area (Å²) >= 11 is 0. The summed E-state index contributed by atoms with van der Waals surface area (Å²) in [5, 5.41) is 5.66. The molecule has 282 valence electrons. The fourth-order valence-electron chi connectivity index (χ4n) is 7.46. The standard InChI is InChI=1S/C39H47N4O8PS/c1-6-26-52(32-16-10-7-11-17-32,33-18-12-8-13-19-33,34-20-14-9-15-21-34)51-53(47,48)50-43-31-27-29(2)35(42(28-31)37(43)45)36(44)40-30-22-24-41(25-23-30)38(46)49-39(3,4)5/h6-21,26-27,30-31,35H,22-25,28H2,1-5H3,(H,40,44)/b26-6+/t31-,35+/m1/s1. The van der Waals surface area contributed by atoms with E-state index in [1.165, 1.54) is 4.90 Å². The van der Waals surface area contributed by atoms with Gasteiger partial charge in [0.1, 0.15) is 5.60 Å². The van der Waals surface area contributed by atoms with Crippen molar-refractivity contribution in [3.63, 3.8) is 0 Å². The molecule has 1 N–H and O–H groups in total. The van der Waals surface area contributed by atoms with Crippen LogP contribution in [0.5, 0.6) is 0 Å². The Balaban J connectivity index is 1.25. The number of hydrogen-bond acceptors (Lipinski definition) is 8. The van der Waals surface area contributed by atoms with Crippen LogP contribution in [0.2, 0.25) is 0 Å². The normalized spacial score (nSPS) is 20.5. The number of amides is 4. The average Bonchev–Trinajstić information content (AvgIpc) is 3.36. The van der Waals surface area contributed by atoms with Gasteiger partial charge in [-0.25, -0.2) is 4.79 Å². The number of nitrogens with zero attached hydrogens (tertiary/aromatic N) is 3. The number of likely N-dealkylation sites (tertiary alicyclic amines) is 1. The van der Waals surface area contributed by atoms with Crippen molar-refractivity contribution in [3.05, 3.63) is 115 Å². The minimum absolute atomic E-state index is 0.0371. The van der Waals surface area contributed by atoms with Crippen molar-refractivity contribution in [2.24, 2.45) is 0 Å². The van der Waals surface area contributed by atoms with Crippen molar-refractivity contribution in [2.75, 3.05) is 19.6 Å². The predicted molar refractivity (Wildman–Crippen MR) is 205 cm³/mol. The molecule has 3 aliphatic rings. The van der Waals surface area contributed by atoms with E-state index in [0.29, 0.717) is 47.4 Å². The summed E-state index contributed by atoms with van der Waals surface area (Å²) in [5.41, 5.74) is -0.0325. The van der Waals surface area contributed by atoms with Crippen LogP contribution in [0, 0.1) is 0 Å². The van der Waals surface area contributed by atoms with Gasteiger partial charge in [0.15, 0.2) is 0 Å². The second-order valence-corrected chi connectivity index (χ2v) is 20.2. The van der Waals surface area contributed by atoms with Crippen LogP contribution >= 0.6 is 6.83 Å². The number of carbonyl (C=O) groups is 3. The Morgan fingerprint density at radius 3 is 1.85 bits per heavy atom. The van der Waals surface area contributed by atoms with E-state index in [0.717, 1.165) is 5.06 Å². The number of fused-ring (bicyclic) bond motifs is 2. The number of urea groups is 1. The number of hydrogen-bond donors (Lipinski definition) is 1. The maximum atomic E-state index is 14.5. The molecule has 2 bridgehead atoms. The summed E-state index contributed by atoms with van der Waals surface area (Å²) in [6.07, 6.45) is 4.10. The average molecular weight is 763 g/mol. The SMILES string of the molecule is C/C=C/P(OS(=O)(=O)ON1C(=O)N2C[C@H]1C=C(C)[C@H]2C(=O)NC1CCN(C(=O)OC(C)(C)C)CC1)(c1ccccc1)(c1ccccc1)c1ccccc1. The maximum absolute atomic E-state index is 14.5. The third-order valence-corrected chi connectivity index (χ3v) is 16.9. The first-order valence-corrected chi connectivity index (χ1v) is 21.3. The Labute approximate surface area is 311 Å². The molecular formula is C39H47N4O8PS. The van der Waals surface area contributed by atoms with Crippen molar-refractivity contribution in [1.29, 1.82) is 0 Å². The van der Waals surface area contributed by atoms with E-state index >= 15 is 0 Å². The number of allylic oxidation sites excluding steroid dienone is 1. The van der Waals surface area contributed by atoms with Gasteiger partial charge in [-0.3, -0.25) is 0 Å². The van der Waals surface area contributed by atoms with Crippen molar-refractivity contribution in [1.82, 2.24) is 20.2 Å². The zero-order valence-corrected chi connectivity index (χ0v) is 32.3. The van der Waals surface area contributed by atoms with Gasteiger partial charge in [0.25, 0.3) is 0 Å². The van der Waals surface area contributed by atoms with Crippen molar-refractivity contribution >= 4 is 51.2 Å². The first-order chi connectivity index (χ1) is 25.2. The zero-order valence-electron chi connectivity index (χ0n) is 30.6. The Morgan fingerprint density at radius 2 is 1.38 bits per heavy atom. The molecule has 3 aromatic carbocycles. The van der Waals surface area contributed by atoms with E-state index in [4.69, 9.17) is 13.0 Å². The van der Waals surface area contributed by atoms with Gasteiger partial charge in [-0.2, -0.15) is 0 Å². The molecular weight excluding hydrogens is 715 g/mol. The Bertz CT molecular complexity index is 1900. The quantitative estimate of drug-likeness (QED) is 0.223. The van der Waals surface area contributed by atoms with Crippen LogP contribution in [0.4, 0.5) is 9.59 Å². The van der Waals surface area contributed by atoms with E-state index in [1.54, 1.807) is 30.9 Å². The number of carbonyl (C=O) groups excluding carboxylic acids is 3. The summed E-state index contributed by atoms with van der Waals surface area (Å²) in [4.78, 5) is 43.1. The van der Waals surface area contributed by atoms with Crippen LogP contribution in [0.15, 0.2) is 115 Å². The third kappa shape index (κ3) is 7.35. The van der Waals surface area contributed by atoms with E-state index in [1.807, 2.05) is 118 Å². The van der Waals surface area contributed by atoms with Gasteiger partial charge in [0, 0.05) is 0 Å². The van der Waals surface area contributed by atoms with E-state index in [9.17, 15) is 22.8 Å². The third-order valence-electron chi connectivity index (χ3n) is 9.72. The van der Waals surface area contributed by atoms with E-state index in [2.05, 4.69) is 5.32 Å². The van der Waals surface area contributed by atoms with Gasteiger partial charge in [-0.1, -0.05) is 0 Å². The molecule has 2 fully saturated rings. The second kappa shape index (κ2) is 14.7.